The van der Waals surface area contributed by atoms with E-state index in [0.29, 0.717) is 28.8 Å². The Kier molecular flexibility index (Phi) is 7.88. The highest BCUT2D eigenvalue weighted by Gasteiger charge is 2.19. The minimum atomic E-state index is -0.340. The molecule has 8 nitrogen and oxygen atoms in total. The molecule has 0 fully saturated rings. The summed E-state index contributed by atoms with van der Waals surface area (Å²) in [4.78, 5) is 24.8. The summed E-state index contributed by atoms with van der Waals surface area (Å²) in [5, 5.41) is 14.8. The van der Waals surface area contributed by atoms with Gasteiger partial charge >= 0.3 is 0 Å². The van der Waals surface area contributed by atoms with Crippen LogP contribution in [0, 0.1) is 6.92 Å². The van der Waals surface area contributed by atoms with Crippen molar-refractivity contribution in [2.24, 2.45) is 7.05 Å². The van der Waals surface area contributed by atoms with Gasteiger partial charge in [0.1, 0.15) is 5.75 Å². The Morgan fingerprint density at radius 2 is 1.91 bits per heavy atom. The van der Waals surface area contributed by atoms with Crippen molar-refractivity contribution in [2.45, 2.75) is 32.0 Å². The number of hydrogen-bond donors (Lipinski definition) is 2. The molecule has 168 valence electrons. The molecule has 0 aliphatic carbocycles. The summed E-state index contributed by atoms with van der Waals surface area (Å²) in [6.07, 6.45) is 0. The van der Waals surface area contributed by atoms with Gasteiger partial charge in [-0.3, -0.25) is 9.59 Å². The lowest BCUT2D eigenvalue weighted by Crippen LogP contribution is -2.28. The van der Waals surface area contributed by atoms with Gasteiger partial charge in [-0.05, 0) is 57.2 Å². The molecule has 1 heterocycles. The van der Waals surface area contributed by atoms with Gasteiger partial charge in [0.2, 0.25) is 5.91 Å². The van der Waals surface area contributed by atoms with E-state index in [1.54, 1.807) is 22.8 Å². The Morgan fingerprint density at radius 3 is 2.59 bits per heavy atom. The van der Waals surface area contributed by atoms with E-state index in [0.717, 1.165) is 11.3 Å². The summed E-state index contributed by atoms with van der Waals surface area (Å²) in [5.41, 5.74) is 2.32. The number of aromatic nitrogens is 3. The second-order valence-corrected chi connectivity index (χ2v) is 8.20. The second kappa shape index (κ2) is 10.8. The largest absolute Gasteiger partial charge is 0.494 e. The summed E-state index contributed by atoms with van der Waals surface area (Å²) >= 11 is 1.28. The maximum absolute atomic E-state index is 12.5. The molecule has 2 N–H and O–H groups in total. The molecule has 9 heteroatoms. The third-order valence-electron chi connectivity index (χ3n) is 4.67. The normalized spacial score (nSPS) is 11.6. The van der Waals surface area contributed by atoms with Crippen LogP contribution in [0.1, 0.15) is 41.6 Å². The Hall–Kier alpha value is -3.33. The Balaban J connectivity index is 1.54. The van der Waals surface area contributed by atoms with Crippen molar-refractivity contribution in [1.82, 2.24) is 20.1 Å². The van der Waals surface area contributed by atoms with Crippen LogP contribution in [-0.2, 0) is 11.8 Å². The molecule has 2 aromatic carbocycles. The SMILES string of the molecule is CCOc1ccc(NC(=O)CSc2nnc([C@H](C)NC(=O)c3cccc(C)c3)n2C)cc1. The molecule has 0 unspecified atom stereocenters. The molecule has 32 heavy (non-hydrogen) atoms. The van der Waals surface area contributed by atoms with Gasteiger partial charge in [-0.25, -0.2) is 0 Å². The van der Waals surface area contributed by atoms with Gasteiger partial charge in [0, 0.05) is 18.3 Å². The number of rotatable bonds is 9. The van der Waals surface area contributed by atoms with Crippen LogP contribution in [0.2, 0.25) is 0 Å². The first-order valence-corrected chi connectivity index (χ1v) is 11.3. The highest BCUT2D eigenvalue weighted by atomic mass is 32.2. The maximum Gasteiger partial charge on any atom is 0.251 e. The van der Waals surface area contributed by atoms with Crippen molar-refractivity contribution >= 4 is 29.3 Å². The lowest BCUT2D eigenvalue weighted by atomic mass is 10.1. The first-order chi connectivity index (χ1) is 15.4. The van der Waals surface area contributed by atoms with Gasteiger partial charge in [0.15, 0.2) is 11.0 Å². The molecule has 0 aliphatic heterocycles. The Bertz CT molecular complexity index is 1080. The summed E-state index contributed by atoms with van der Waals surface area (Å²) in [7, 11) is 1.82. The number of carbonyl (C=O) groups excluding carboxylic acids is 2. The molecular weight excluding hydrogens is 426 g/mol. The number of amides is 2. The summed E-state index contributed by atoms with van der Waals surface area (Å²) in [6.45, 7) is 6.31. The van der Waals surface area contributed by atoms with Crippen LogP contribution in [0.5, 0.6) is 5.75 Å². The quantitative estimate of drug-likeness (QED) is 0.479. The summed E-state index contributed by atoms with van der Waals surface area (Å²) < 4.78 is 7.19. The molecule has 0 saturated carbocycles. The molecule has 1 aromatic heterocycles. The molecular formula is C23H27N5O3S. The maximum atomic E-state index is 12.5. The number of hydrogen-bond acceptors (Lipinski definition) is 6. The standard InChI is InChI=1S/C23H27N5O3S/c1-5-31-19-11-9-18(10-12-19)25-20(29)14-32-23-27-26-21(28(23)4)16(3)24-22(30)17-8-6-7-15(2)13-17/h6-13,16H,5,14H2,1-4H3,(H,24,30)(H,25,29)/t16-/m0/s1. The molecule has 2 amide bonds. The molecule has 0 aliphatic rings. The van der Waals surface area contributed by atoms with Crippen molar-refractivity contribution < 1.29 is 14.3 Å². The van der Waals surface area contributed by atoms with E-state index in [2.05, 4.69) is 20.8 Å². The topological polar surface area (TPSA) is 98.1 Å². The van der Waals surface area contributed by atoms with Crippen LogP contribution in [0.3, 0.4) is 0 Å². The second-order valence-electron chi connectivity index (χ2n) is 7.26. The van der Waals surface area contributed by atoms with E-state index >= 15 is 0 Å². The highest BCUT2D eigenvalue weighted by Crippen LogP contribution is 2.21. The minimum absolute atomic E-state index is 0.149. The molecule has 3 rings (SSSR count). The smallest absolute Gasteiger partial charge is 0.251 e. The zero-order valence-electron chi connectivity index (χ0n) is 18.6. The van der Waals surface area contributed by atoms with Crippen molar-refractivity contribution in [3.8, 4) is 5.75 Å². The average Bonchev–Trinajstić information content (AvgIpc) is 3.14. The molecule has 0 saturated heterocycles. The van der Waals surface area contributed by atoms with E-state index < -0.39 is 0 Å². The molecule has 0 bridgehead atoms. The fourth-order valence-corrected chi connectivity index (χ4v) is 3.81. The molecule has 0 spiro atoms. The molecule has 1 atom stereocenters. The van der Waals surface area contributed by atoms with E-state index in [1.807, 2.05) is 58.2 Å². The average molecular weight is 454 g/mol. The zero-order valence-corrected chi connectivity index (χ0v) is 19.4. The van der Waals surface area contributed by atoms with Gasteiger partial charge in [-0.1, -0.05) is 29.5 Å². The zero-order chi connectivity index (χ0) is 23.1. The first kappa shape index (κ1) is 23.3. The van der Waals surface area contributed by atoms with Gasteiger partial charge in [-0.2, -0.15) is 0 Å². The van der Waals surface area contributed by atoms with Gasteiger partial charge in [-0.15, -0.1) is 10.2 Å². The van der Waals surface area contributed by atoms with Crippen LogP contribution >= 0.6 is 11.8 Å². The van der Waals surface area contributed by atoms with Crippen LogP contribution < -0.4 is 15.4 Å². The highest BCUT2D eigenvalue weighted by molar-refractivity contribution is 7.99. The van der Waals surface area contributed by atoms with E-state index in [9.17, 15) is 9.59 Å². The lowest BCUT2D eigenvalue weighted by molar-refractivity contribution is -0.113. The molecule has 0 radical (unpaired) electrons. The van der Waals surface area contributed by atoms with Crippen LogP contribution in [0.4, 0.5) is 5.69 Å². The van der Waals surface area contributed by atoms with Crippen LogP contribution in [-0.4, -0.2) is 38.9 Å². The first-order valence-electron chi connectivity index (χ1n) is 10.3. The number of ether oxygens (including phenoxy) is 1. The number of carbonyl (C=O) groups is 2. The van der Waals surface area contributed by atoms with Crippen molar-refractivity contribution in [1.29, 1.82) is 0 Å². The van der Waals surface area contributed by atoms with Gasteiger partial charge < -0.3 is 19.9 Å². The van der Waals surface area contributed by atoms with Gasteiger partial charge in [0.05, 0.1) is 18.4 Å². The number of thioether (sulfide) groups is 1. The van der Waals surface area contributed by atoms with Crippen LogP contribution in [0.25, 0.3) is 0 Å². The Labute approximate surface area is 191 Å². The van der Waals surface area contributed by atoms with Crippen molar-refractivity contribution in [3.63, 3.8) is 0 Å². The van der Waals surface area contributed by atoms with E-state index in [-0.39, 0.29) is 23.6 Å². The van der Waals surface area contributed by atoms with E-state index in [1.165, 1.54) is 11.8 Å². The third kappa shape index (κ3) is 6.10. The number of aryl methyl sites for hydroxylation is 1. The number of nitrogens with zero attached hydrogens (tertiary/aromatic N) is 3. The fourth-order valence-electron chi connectivity index (χ4n) is 3.09. The monoisotopic (exact) mass is 453 g/mol. The molecule has 3 aromatic rings. The fraction of sp³-hybridized carbons (Fsp3) is 0.304. The lowest BCUT2D eigenvalue weighted by Gasteiger charge is -2.14. The predicted octanol–water partition coefficient (Wildman–Crippen LogP) is 3.74. The summed E-state index contributed by atoms with van der Waals surface area (Å²) in [6, 6.07) is 14.3. The van der Waals surface area contributed by atoms with Crippen LogP contribution in [0.15, 0.2) is 53.7 Å². The number of nitrogens with one attached hydrogen (secondary N) is 2. The Morgan fingerprint density at radius 1 is 1.16 bits per heavy atom. The summed E-state index contributed by atoms with van der Waals surface area (Å²) in [5.74, 6) is 1.23. The van der Waals surface area contributed by atoms with E-state index in [4.69, 9.17) is 4.74 Å². The third-order valence-corrected chi connectivity index (χ3v) is 5.69. The predicted molar refractivity (Wildman–Crippen MR) is 125 cm³/mol. The van der Waals surface area contributed by atoms with Crippen molar-refractivity contribution in [3.05, 3.63) is 65.5 Å². The van der Waals surface area contributed by atoms with Gasteiger partial charge in [0.25, 0.3) is 5.91 Å². The van der Waals surface area contributed by atoms with Crippen molar-refractivity contribution in [2.75, 3.05) is 17.7 Å². The number of anilines is 1. The number of benzene rings is 2. The minimum Gasteiger partial charge on any atom is -0.494 e.